The number of anilines is 1. The van der Waals surface area contributed by atoms with E-state index >= 15 is 0 Å². The lowest BCUT2D eigenvalue weighted by atomic mass is 10.1. The van der Waals surface area contributed by atoms with Crippen LogP contribution in [0.1, 0.15) is 18.5 Å². The van der Waals surface area contributed by atoms with E-state index < -0.39 is 11.6 Å². The Morgan fingerprint density at radius 1 is 1.05 bits per heavy atom. The van der Waals surface area contributed by atoms with Gasteiger partial charge >= 0.3 is 0 Å². The highest BCUT2D eigenvalue weighted by Gasteiger charge is 2.09. The Balaban J connectivity index is 2.13. The van der Waals surface area contributed by atoms with Gasteiger partial charge < -0.3 is 5.32 Å². The molecular weight excluding hydrogens is 264 g/mol. The lowest BCUT2D eigenvalue weighted by molar-refractivity contribution is 0.584. The first-order valence-corrected chi connectivity index (χ1v) is 7.18. The summed E-state index contributed by atoms with van der Waals surface area (Å²) in [5.74, 6) is -1.15. The molecule has 1 N–H and O–H groups in total. The van der Waals surface area contributed by atoms with Crippen LogP contribution < -0.4 is 5.32 Å². The molecule has 0 aliphatic heterocycles. The summed E-state index contributed by atoms with van der Waals surface area (Å²) in [6.07, 6.45) is 2.02. The topological polar surface area (TPSA) is 12.0 Å². The van der Waals surface area contributed by atoms with Crippen molar-refractivity contribution in [3.05, 3.63) is 59.7 Å². The average molecular weight is 279 g/mol. The molecule has 0 spiro atoms. The molecule has 1 nitrogen and oxygen atoms in total. The first-order chi connectivity index (χ1) is 9.10. The van der Waals surface area contributed by atoms with Crippen LogP contribution in [0.15, 0.2) is 47.4 Å². The summed E-state index contributed by atoms with van der Waals surface area (Å²) in [6, 6.07) is 11.6. The molecule has 4 heteroatoms. The van der Waals surface area contributed by atoms with Crippen molar-refractivity contribution < 1.29 is 8.78 Å². The summed E-state index contributed by atoms with van der Waals surface area (Å²) in [4.78, 5) is 1.18. The number of hydrogen-bond donors (Lipinski definition) is 1. The summed E-state index contributed by atoms with van der Waals surface area (Å²) in [7, 11) is 0. The van der Waals surface area contributed by atoms with Crippen LogP contribution in [0.5, 0.6) is 0 Å². The summed E-state index contributed by atoms with van der Waals surface area (Å²) >= 11 is 1.68. The molecule has 0 aromatic heterocycles. The second-order valence-corrected chi connectivity index (χ2v) is 5.14. The summed E-state index contributed by atoms with van der Waals surface area (Å²) in [5, 5.41) is 3.04. The van der Waals surface area contributed by atoms with E-state index in [1.807, 2.05) is 37.4 Å². The van der Waals surface area contributed by atoms with Gasteiger partial charge in [-0.05, 0) is 43.0 Å². The van der Waals surface area contributed by atoms with Gasteiger partial charge in [-0.2, -0.15) is 0 Å². The van der Waals surface area contributed by atoms with Gasteiger partial charge in [0.2, 0.25) is 0 Å². The van der Waals surface area contributed by atoms with Gasteiger partial charge in [0.25, 0.3) is 0 Å². The predicted molar refractivity (Wildman–Crippen MR) is 76.6 cm³/mol. The minimum atomic E-state index is -0.576. The molecule has 1 atom stereocenters. The van der Waals surface area contributed by atoms with Crippen molar-refractivity contribution in [3.63, 3.8) is 0 Å². The van der Waals surface area contributed by atoms with E-state index in [1.54, 1.807) is 11.8 Å². The fourth-order valence-electron chi connectivity index (χ4n) is 1.82. The van der Waals surface area contributed by atoms with Crippen molar-refractivity contribution in [2.24, 2.45) is 0 Å². The number of halogens is 2. The first-order valence-electron chi connectivity index (χ1n) is 5.95. The monoisotopic (exact) mass is 279 g/mol. The van der Waals surface area contributed by atoms with Crippen molar-refractivity contribution in [1.29, 1.82) is 0 Å². The highest BCUT2D eigenvalue weighted by Crippen LogP contribution is 2.24. The maximum absolute atomic E-state index is 13.5. The first kappa shape index (κ1) is 13.9. The number of benzene rings is 2. The van der Waals surface area contributed by atoms with E-state index in [-0.39, 0.29) is 6.04 Å². The maximum atomic E-state index is 13.5. The Kier molecular flexibility index (Phi) is 4.43. The molecule has 0 saturated heterocycles. The van der Waals surface area contributed by atoms with E-state index in [0.717, 1.165) is 11.6 Å². The van der Waals surface area contributed by atoms with Crippen molar-refractivity contribution in [3.8, 4) is 0 Å². The lowest BCUT2D eigenvalue weighted by Gasteiger charge is -2.16. The highest BCUT2D eigenvalue weighted by molar-refractivity contribution is 7.98. The molecule has 1 unspecified atom stereocenters. The molecular formula is C15H15F2NS. The van der Waals surface area contributed by atoms with E-state index in [2.05, 4.69) is 5.32 Å². The Bertz CT molecular complexity index is 555. The van der Waals surface area contributed by atoms with Crippen LogP contribution in [0.25, 0.3) is 0 Å². The van der Waals surface area contributed by atoms with Gasteiger partial charge in [0.1, 0.15) is 11.6 Å². The van der Waals surface area contributed by atoms with Gasteiger partial charge in [-0.1, -0.05) is 12.1 Å². The van der Waals surface area contributed by atoms with Crippen LogP contribution in [0.4, 0.5) is 14.5 Å². The fourth-order valence-corrected chi connectivity index (χ4v) is 2.22. The van der Waals surface area contributed by atoms with Crippen LogP contribution in [-0.2, 0) is 0 Å². The van der Waals surface area contributed by atoms with Gasteiger partial charge in [-0.3, -0.25) is 0 Å². The zero-order valence-corrected chi connectivity index (χ0v) is 11.6. The van der Waals surface area contributed by atoms with Crippen LogP contribution in [-0.4, -0.2) is 6.26 Å². The third-order valence-electron chi connectivity index (χ3n) is 2.92. The van der Waals surface area contributed by atoms with Crippen molar-refractivity contribution in [2.45, 2.75) is 17.9 Å². The second kappa shape index (κ2) is 6.06. The Labute approximate surface area is 116 Å². The standard InChI is InChI=1S/C15H15F2NS/c1-10(11-3-6-13(19-2)7-4-11)18-15-8-5-12(16)9-14(15)17/h3-10,18H,1-2H3. The van der Waals surface area contributed by atoms with Gasteiger partial charge in [0.15, 0.2) is 0 Å². The molecule has 0 aliphatic carbocycles. The summed E-state index contributed by atoms with van der Waals surface area (Å²) < 4.78 is 26.4. The van der Waals surface area contributed by atoms with Crippen LogP contribution in [0.3, 0.4) is 0 Å². The number of nitrogens with one attached hydrogen (secondary N) is 1. The molecule has 0 heterocycles. The fraction of sp³-hybridized carbons (Fsp3) is 0.200. The minimum absolute atomic E-state index is 0.0455. The molecule has 0 fully saturated rings. The largest absolute Gasteiger partial charge is 0.376 e. The van der Waals surface area contributed by atoms with Crippen molar-refractivity contribution in [2.75, 3.05) is 11.6 Å². The number of hydrogen-bond acceptors (Lipinski definition) is 2. The van der Waals surface area contributed by atoms with Crippen LogP contribution in [0.2, 0.25) is 0 Å². The van der Waals surface area contributed by atoms with E-state index in [4.69, 9.17) is 0 Å². The van der Waals surface area contributed by atoms with E-state index in [1.165, 1.54) is 17.0 Å². The average Bonchev–Trinajstić information content (AvgIpc) is 2.42. The summed E-state index contributed by atoms with van der Waals surface area (Å²) in [5.41, 5.74) is 1.37. The van der Waals surface area contributed by atoms with Gasteiger partial charge in [-0.15, -0.1) is 11.8 Å². The van der Waals surface area contributed by atoms with E-state index in [9.17, 15) is 8.78 Å². The third kappa shape index (κ3) is 3.47. The predicted octanol–water partition coefficient (Wildman–Crippen LogP) is 4.86. The molecule has 0 aliphatic rings. The number of thioether (sulfide) groups is 1. The van der Waals surface area contributed by atoms with Crippen LogP contribution >= 0.6 is 11.8 Å². The van der Waals surface area contributed by atoms with E-state index in [0.29, 0.717) is 5.69 Å². The summed E-state index contributed by atoms with van der Waals surface area (Å²) in [6.45, 7) is 1.94. The molecule has 0 amide bonds. The molecule has 0 bridgehead atoms. The van der Waals surface area contributed by atoms with Gasteiger partial charge in [0.05, 0.1) is 5.69 Å². The Morgan fingerprint density at radius 2 is 1.74 bits per heavy atom. The molecule has 0 saturated carbocycles. The molecule has 100 valence electrons. The molecule has 2 aromatic carbocycles. The molecule has 2 aromatic rings. The van der Waals surface area contributed by atoms with Gasteiger partial charge in [-0.25, -0.2) is 8.78 Å². The smallest absolute Gasteiger partial charge is 0.149 e. The zero-order chi connectivity index (χ0) is 13.8. The van der Waals surface area contributed by atoms with Crippen molar-refractivity contribution >= 4 is 17.4 Å². The second-order valence-electron chi connectivity index (χ2n) is 4.26. The third-order valence-corrected chi connectivity index (χ3v) is 3.66. The van der Waals surface area contributed by atoms with Crippen molar-refractivity contribution in [1.82, 2.24) is 0 Å². The number of rotatable bonds is 4. The Hall–Kier alpha value is -1.55. The lowest BCUT2D eigenvalue weighted by Crippen LogP contribution is -2.08. The SMILES string of the molecule is CSc1ccc(C(C)Nc2ccc(F)cc2F)cc1. The Morgan fingerprint density at radius 3 is 2.32 bits per heavy atom. The quantitative estimate of drug-likeness (QED) is 0.802. The molecule has 2 rings (SSSR count). The minimum Gasteiger partial charge on any atom is -0.376 e. The van der Waals surface area contributed by atoms with Gasteiger partial charge in [0, 0.05) is 17.0 Å². The zero-order valence-electron chi connectivity index (χ0n) is 10.8. The van der Waals surface area contributed by atoms with Crippen LogP contribution in [0, 0.1) is 11.6 Å². The molecule has 19 heavy (non-hydrogen) atoms. The normalized spacial score (nSPS) is 12.2. The highest BCUT2D eigenvalue weighted by atomic mass is 32.2. The maximum Gasteiger partial charge on any atom is 0.149 e. The molecule has 0 radical (unpaired) electrons.